The number of hydrogen-bond donors (Lipinski definition) is 1. The van der Waals surface area contributed by atoms with Gasteiger partial charge >= 0.3 is 0 Å². The number of nitrogens with zero attached hydrogens (tertiary/aromatic N) is 2. The minimum atomic E-state index is 0.437. The van der Waals surface area contributed by atoms with Crippen molar-refractivity contribution in [3.8, 4) is 0 Å². The zero-order chi connectivity index (χ0) is 11.2. The van der Waals surface area contributed by atoms with Gasteiger partial charge in [-0.05, 0) is 6.92 Å². The van der Waals surface area contributed by atoms with Crippen LogP contribution in [0.5, 0.6) is 0 Å². The molecule has 1 atom stereocenters. The number of hydrogen-bond acceptors (Lipinski definition) is 5. The van der Waals surface area contributed by atoms with Gasteiger partial charge < -0.3 is 10.2 Å². The van der Waals surface area contributed by atoms with Gasteiger partial charge in [0.05, 0.1) is 5.51 Å². The Labute approximate surface area is 106 Å². The highest BCUT2D eigenvalue weighted by atomic mass is 32.2. The van der Waals surface area contributed by atoms with Crippen molar-refractivity contribution in [3.63, 3.8) is 0 Å². The molecule has 0 bridgehead atoms. The van der Waals surface area contributed by atoms with Crippen LogP contribution in [0.4, 0.5) is 0 Å². The summed E-state index contributed by atoms with van der Waals surface area (Å²) in [4.78, 5) is 7.98. The summed E-state index contributed by atoms with van der Waals surface area (Å²) in [6.45, 7) is 6.95. The van der Waals surface area contributed by atoms with Crippen molar-refractivity contribution in [3.05, 3.63) is 16.6 Å². The molecule has 90 valence electrons. The first kappa shape index (κ1) is 12.4. The summed E-state index contributed by atoms with van der Waals surface area (Å²) in [5, 5.41) is 3.55. The molecule has 1 saturated heterocycles. The largest absolute Gasteiger partial charge is 0.308 e. The Balaban J connectivity index is 1.63. The third-order valence-corrected chi connectivity index (χ3v) is 4.76. The maximum Gasteiger partial charge on any atom is 0.0794 e. The van der Waals surface area contributed by atoms with E-state index in [9.17, 15) is 0 Å². The minimum Gasteiger partial charge on any atom is -0.308 e. The Morgan fingerprint density at radius 3 is 3.00 bits per heavy atom. The van der Waals surface area contributed by atoms with E-state index in [0.717, 1.165) is 6.54 Å². The van der Waals surface area contributed by atoms with Gasteiger partial charge in [0.1, 0.15) is 0 Å². The standard InChI is InChI=1S/C11H19N3S2/c1-10(11-8-12-9-16-11)13-2-3-14-4-6-15-7-5-14/h8-10,13H,2-7H2,1H3. The van der Waals surface area contributed by atoms with Crippen LogP contribution in [0.25, 0.3) is 0 Å². The Morgan fingerprint density at radius 1 is 1.50 bits per heavy atom. The van der Waals surface area contributed by atoms with Gasteiger partial charge in [-0.15, -0.1) is 11.3 Å². The molecule has 1 N–H and O–H groups in total. The van der Waals surface area contributed by atoms with Crippen molar-refractivity contribution in [1.82, 2.24) is 15.2 Å². The summed E-state index contributed by atoms with van der Waals surface area (Å²) >= 11 is 3.79. The van der Waals surface area contributed by atoms with E-state index >= 15 is 0 Å². The molecular formula is C11H19N3S2. The lowest BCUT2D eigenvalue weighted by atomic mass is 10.3. The predicted octanol–water partition coefficient (Wildman–Crippen LogP) is 1.84. The fraction of sp³-hybridized carbons (Fsp3) is 0.727. The van der Waals surface area contributed by atoms with Crippen LogP contribution in [-0.4, -0.2) is 47.6 Å². The van der Waals surface area contributed by atoms with Crippen molar-refractivity contribution in [2.75, 3.05) is 37.7 Å². The van der Waals surface area contributed by atoms with Gasteiger partial charge in [-0.25, -0.2) is 0 Å². The molecule has 5 heteroatoms. The number of nitrogens with one attached hydrogen (secondary N) is 1. The van der Waals surface area contributed by atoms with Crippen LogP contribution in [0.2, 0.25) is 0 Å². The van der Waals surface area contributed by atoms with Crippen LogP contribution < -0.4 is 5.32 Å². The lowest BCUT2D eigenvalue weighted by molar-refractivity contribution is 0.297. The first-order valence-corrected chi connectivity index (χ1v) is 7.81. The molecule has 1 fully saturated rings. The predicted molar refractivity (Wildman–Crippen MR) is 72.3 cm³/mol. The third-order valence-electron chi connectivity index (χ3n) is 2.86. The fourth-order valence-electron chi connectivity index (χ4n) is 1.80. The van der Waals surface area contributed by atoms with E-state index < -0.39 is 0 Å². The average molecular weight is 257 g/mol. The van der Waals surface area contributed by atoms with E-state index in [1.54, 1.807) is 11.3 Å². The quantitative estimate of drug-likeness (QED) is 0.871. The highest BCUT2D eigenvalue weighted by Gasteiger charge is 2.11. The van der Waals surface area contributed by atoms with Gasteiger partial charge in [-0.1, -0.05) is 0 Å². The van der Waals surface area contributed by atoms with Gasteiger partial charge in [0.2, 0.25) is 0 Å². The van der Waals surface area contributed by atoms with Crippen LogP contribution in [0.15, 0.2) is 11.7 Å². The molecule has 2 heterocycles. The van der Waals surface area contributed by atoms with E-state index in [1.165, 1.54) is 36.0 Å². The van der Waals surface area contributed by atoms with E-state index in [2.05, 4.69) is 33.9 Å². The monoisotopic (exact) mass is 257 g/mol. The first-order valence-electron chi connectivity index (χ1n) is 5.78. The highest BCUT2D eigenvalue weighted by Crippen LogP contribution is 2.15. The second kappa shape index (κ2) is 6.59. The van der Waals surface area contributed by atoms with Crippen molar-refractivity contribution < 1.29 is 0 Å². The fourth-order valence-corrected chi connectivity index (χ4v) is 3.44. The summed E-state index contributed by atoms with van der Waals surface area (Å²) in [7, 11) is 0. The van der Waals surface area contributed by atoms with E-state index in [-0.39, 0.29) is 0 Å². The SMILES string of the molecule is CC(NCCN1CCSCC1)c1cncs1. The zero-order valence-electron chi connectivity index (χ0n) is 9.69. The normalized spacial score (nSPS) is 19.8. The Hall–Kier alpha value is -0.100. The summed E-state index contributed by atoms with van der Waals surface area (Å²) in [6, 6.07) is 0.437. The Morgan fingerprint density at radius 2 is 2.31 bits per heavy atom. The lowest BCUT2D eigenvalue weighted by Gasteiger charge is -2.26. The van der Waals surface area contributed by atoms with Gasteiger partial charge in [0.15, 0.2) is 0 Å². The molecule has 0 spiro atoms. The van der Waals surface area contributed by atoms with Crippen LogP contribution in [0, 0.1) is 0 Å². The van der Waals surface area contributed by atoms with E-state index in [0.29, 0.717) is 6.04 Å². The maximum absolute atomic E-state index is 4.11. The zero-order valence-corrected chi connectivity index (χ0v) is 11.3. The molecule has 0 saturated carbocycles. The number of aromatic nitrogens is 1. The van der Waals surface area contributed by atoms with E-state index in [1.807, 2.05) is 11.7 Å². The summed E-state index contributed by atoms with van der Waals surface area (Å²) in [5.74, 6) is 2.59. The summed E-state index contributed by atoms with van der Waals surface area (Å²) in [5.41, 5.74) is 1.90. The first-order chi connectivity index (χ1) is 7.86. The molecule has 1 aromatic heterocycles. The van der Waals surface area contributed by atoms with Crippen LogP contribution in [0.3, 0.4) is 0 Å². The molecule has 16 heavy (non-hydrogen) atoms. The molecule has 1 aliphatic heterocycles. The smallest absolute Gasteiger partial charge is 0.0794 e. The molecule has 1 unspecified atom stereocenters. The molecule has 0 amide bonds. The van der Waals surface area contributed by atoms with Gasteiger partial charge in [0.25, 0.3) is 0 Å². The molecule has 0 radical (unpaired) electrons. The van der Waals surface area contributed by atoms with Crippen LogP contribution in [-0.2, 0) is 0 Å². The lowest BCUT2D eigenvalue weighted by Crippen LogP contribution is -2.38. The second-order valence-corrected chi connectivity index (χ2v) is 6.18. The number of rotatable bonds is 5. The Kier molecular flexibility index (Phi) is 5.09. The molecule has 2 rings (SSSR count). The molecule has 0 aliphatic carbocycles. The molecule has 1 aromatic rings. The van der Waals surface area contributed by atoms with Crippen molar-refractivity contribution in [2.24, 2.45) is 0 Å². The van der Waals surface area contributed by atoms with Gasteiger partial charge in [0, 0.05) is 54.8 Å². The molecule has 3 nitrogen and oxygen atoms in total. The summed E-state index contributed by atoms with van der Waals surface area (Å²) < 4.78 is 0. The Bertz CT molecular complexity index is 283. The van der Waals surface area contributed by atoms with Crippen molar-refractivity contribution in [1.29, 1.82) is 0 Å². The van der Waals surface area contributed by atoms with Gasteiger partial charge in [-0.2, -0.15) is 11.8 Å². The molecule has 0 aromatic carbocycles. The molecule has 1 aliphatic rings. The van der Waals surface area contributed by atoms with Crippen LogP contribution in [0.1, 0.15) is 17.8 Å². The maximum atomic E-state index is 4.11. The number of thioether (sulfide) groups is 1. The summed E-state index contributed by atoms with van der Waals surface area (Å²) in [6.07, 6.45) is 1.96. The van der Waals surface area contributed by atoms with E-state index in [4.69, 9.17) is 0 Å². The van der Waals surface area contributed by atoms with Gasteiger partial charge in [-0.3, -0.25) is 4.98 Å². The molecular weight excluding hydrogens is 238 g/mol. The number of thiazole rings is 1. The average Bonchev–Trinajstić information content (AvgIpc) is 2.84. The minimum absolute atomic E-state index is 0.437. The highest BCUT2D eigenvalue weighted by molar-refractivity contribution is 7.99. The van der Waals surface area contributed by atoms with Crippen LogP contribution >= 0.6 is 23.1 Å². The second-order valence-electron chi connectivity index (χ2n) is 4.03. The van der Waals surface area contributed by atoms with Crippen molar-refractivity contribution in [2.45, 2.75) is 13.0 Å². The van der Waals surface area contributed by atoms with Crippen molar-refractivity contribution >= 4 is 23.1 Å². The topological polar surface area (TPSA) is 28.2 Å². The third kappa shape index (κ3) is 3.73.